The lowest BCUT2D eigenvalue weighted by Crippen LogP contribution is -2.33. The SMILES string of the molecule is Cc1cc(=O)c(C(=O)Nc2ccccc2C(=O)NC2CCCC2)nn1-c1ccc(Cl)cc1. The second kappa shape index (κ2) is 9.36. The summed E-state index contributed by atoms with van der Waals surface area (Å²) in [5.74, 6) is -0.929. The number of aryl methyl sites for hydroxylation is 1. The van der Waals surface area contributed by atoms with Crippen LogP contribution in [0.15, 0.2) is 59.4 Å². The summed E-state index contributed by atoms with van der Waals surface area (Å²) < 4.78 is 1.51. The van der Waals surface area contributed by atoms with Crippen LogP contribution in [-0.2, 0) is 0 Å². The standard InChI is InChI=1S/C24H23ClN4O3/c1-15-14-21(30)22(28-29(15)18-12-10-16(25)11-13-18)24(32)27-20-9-5-4-8-19(20)23(31)26-17-6-2-3-7-17/h4-5,8-14,17H,2-3,6-7H2,1H3,(H,26,31)(H,27,32). The maximum Gasteiger partial charge on any atom is 0.280 e. The smallest absolute Gasteiger partial charge is 0.280 e. The van der Waals surface area contributed by atoms with E-state index in [-0.39, 0.29) is 17.6 Å². The lowest BCUT2D eigenvalue weighted by Gasteiger charge is -2.15. The molecule has 2 aromatic carbocycles. The first-order valence-electron chi connectivity index (χ1n) is 10.5. The molecule has 7 nitrogen and oxygen atoms in total. The van der Waals surface area contributed by atoms with Crippen molar-refractivity contribution in [1.82, 2.24) is 15.1 Å². The van der Waals surface area contributed by atoms with E-state index in [4.69, 9.17) is 11.6 Å². The van der Waals surface area contributed by atoms with Gasteiger partial charge in [-0.05, 0) is 56.2 Å². The van der Waals surface area contributed by atoms with Crippen molar-refractivity contribution < 1.29 is 9.59 Å². The summed E-state index contributed by atoms with van der Waals surface area (Å²) in [7, 11) is 0. The van der Waals surface area contributed by atoms with Crippen LogP contribution in [0.1, 0.15) is 52.2 Å². The molecule has 1 aliphatic carbocycles. The Hall–Kier alpha value is -3.45. The van der Waals surface area contributed by atoms with E-state index in [0.29, 0.717) is 27.7 Å². The molecule has 0 unspecified atom stereocenters. The third-order valence-corrected chi connectivity index (χ3v) is 5.76. The van der Waals surface area contributed by atoms with Gasteiger partial charge in [-0.3, -0.25) is 14.4 Å². The number of para-hydroxylation sites is 1. The third-order valence-electron chi connectivity index (χ3n) is 5.50. The number of nitrogens with one attached hydrogen (secondary N) is 2. The molecule has 1 aromatic heterocycles. The lowest BCUT2D eigenvalue weighted by atomic mass is 10.1. The summed E-state index contributed by atoms with van der Waals surface area (Å²) in [5.41, 5.74) is 1.14. The van der Waals surface area contributed by atoms with Crippen molar-refractivity contribution in [3.8, 4) is 5.69 Å². The van der Waals surface area contributed by atoms with Gasteiger partial charge >= 0.3 is 0 Å². The van der Waals surface area contributed by atoms with Crippen molar-refractivity contribution in [1.29, 1.82) is 0 Å². The molecular formula is C24H23ClN4O3. The van der Waals surface area contributed by atoms with Crippen LogP contribution in [0.25, 0.3) is 5.69 Å². The van der Waals surface area contributed by atoms with Gasteiger partial charge in [0.15, 0.2) is 5.69 Å². The molecule has 1 heterocycles. The highest BCUT2D eigenvalue weighted by atomic mass is 35.5. The molecule has 0 radical (unpaired) electrons. The predicted octanol–water partition coefficient (Wildman–Crippen LogP) is 4.12. The molecule has 4 rings (SSSR count). The summed E-state index contributed by atoms with van der Waals surface area (Å²) in [6.45, 7) is 1.73. The van der Waals surface area contributed by atoms with Gasteiger partial charge in [0.1, 0.15) is 0 Å². The van der Waals surface area contributed by atoms with E-state index in [1.54, 1.807) is 55.5 Å². The topological polar surface area (TPSA) is 93.1 Å². The van der Waals surface area contributed by atoms with Gasteiger partial charge in [0, 0.05) is 22.8 Å². The zero-order chi connectivity index (χ0) is 22.7. The maximum absolute atomic E-state index is 13.0. The van der Waals surface area contributed by atoms with Crippen molar-refractivity contribution in [2.45, 2.75) is 38.6 Å². The number of rotatable bonds is 5. The van der Waals surface area contributed by atoms with Crippen molar-refractivity contribution >= 4 is 29.1 Å². The molecule has 0 saturated heterocycles. The first-order valence-corrected chi connectivity index (χ1v) is 10.9. The summed E-state index contributed by atoms with van der Waals surface area (Å²) >= 11 is 5.95. The van der Waals surface area contributed by atoms with Gasteiger partial charge in [0.25, 0.3) is 11.8 Å². The molecule has 0 atom stereocenters. The van der Waals surface area contributed by atoms with Gasteiger partial charge in [-0.25, -0.2) is 4.68 Å². The van der Waals surface area contributed by atoms with E-state index in [9.17, 15) is 14.4 Å². The van der Waals surface area contributed by atoms with Crippen molar-refractivity contribution in [2.24, 2.45) is 0 Å². The molecule has 2 amide bonds. The number of carbonyl (C=O) groups is 2. The minimum atomic E-state index is -0.682. The fraction of sp³-hybridized carbons (Fsp3) is 0.250. The molecular weight excluding hydrogens is 428 g/mol. The number of hydrogen-bond acceptors (Lipinski definition) is 4. The molecule has 1 saturated carbocycles. The first kappa shape index (κ1) is 21.8. The molecule has 8 heteroatoms. The minimum absolute atomic E-state index is 0.150. The Morgan fingerprint density at radius 3 is 2.44 bits per heavy atom. The third kappa shape index (κ3) is 4.73. The highest BCUT2D eigenvalue weighted by Gasteiger charge is 2.22. The number of amides is 2. The Morgan fingerprint density at radius 1 is 1.03 bits per heavy atom. The van der Waals surface area contributed by atoms with Crippen LogP contribution in [-0.4, -0.2) is 27.6 Å². The number of anilines is 1. The van der Waals surface area contributed by atoms with Crippen LogP contribution in [0.3, 0.4) is 0 Å². The van der Waals surface area contributed by atoms with E-state index in [2.05, 4.69) is 15.7 Å². The molecule has 164 valence electrons. The molecule has 0 aliphatic heterocycles. The Morgan fingerprint density at radius 2 is 1.72 bits per heavy atom. The van der Waals surface area contributed by atoms with Gasteiger partial charge in [0.2, 0.25) is 5.43 Å². The van der Waals surface area contributed by atoms with E-state index in [1.165, 1.54) is 10.7 Å². The van der Waals surface area contributed by atoms with E-state index >= 15 is 0 Å². The van der Waals surface area contributed by atoms with Crippen LogP contribution in [0.4, 0.5) is 5.69 Å². The van der Waals surface area contributed by atoms with Crippen molar-refractivity contribution in [2.75, 3.05) is 5.32 Å². The lowest BCUT2D eigenvalue weighted by molar-refractivity contribution is 0.0938. The first-order chi connectivity index (χ1) is 15.4. The van der Waals surface area contributed by atoms with Crippen molar-refractivity contribution in [3.05, 3.63) is 86.8 Å². The average Bonchev–Trinajstić information content (AvgIpc) is 3.28. The summed E-state index contributed by atoms with van der Waals surface area (Å²) in [6, 6.07) is 15.1. The molecule has 32 heavy (non-hydrogen) atoms. The summed E-state index contributed by atoms with van der Waals surface area (Å²) in [6.07, 6.45) is 4.11. The fourth-order valence-electron chi connectivity index (χ4n) is 3.85. The number of carbonyl (C=O) groups excluding carboxylic acids is 2. The van der Waals surface area contributed by atoms with E-state index in [1.807, 2.05) is 0 Å². The second-order valence-electron chi connectivity index (χ2n) is 7.84. The number of halogens is 1. The molecule has 1 aliphatic rings. The molecule has 3 aromatic rings. The Bertz CT molecular complexity index is 1210. The van der Waals surface area contributed by atoms with Crippen LogP contribution < -0.4 is 16.1 Å². The maximum atomic E-state index is 13.0. The fourth-order valence-corrected chi connectivity index (χ4v) is 3.98. The highest BCUT2D eigenvalue weighted by molar-refractivity contribution is 6.30. The number of nitrogens with zero attached hydrogens (tertiary/aromatic N) is 2. The molecule has 0 spiro atoms. The van der Waals surface area contributed by atoms with Crippen LogP contribution in [0, 0.1) is 6.92 Å². The molecule has 0 bridgehead atoms. The number of benzene rings is 2. The zero-order valence-electron chi connectivity index (χ0n) is 17.6. The normalized spacial score (nSPS) is 13.7. The Kier molecular flexibility index (Phi) is 6.37. The van der Waals surface area contributed by atoms with Crippen LogP contribution in [0.5, 0.6) is 0 Å². The highest BCUT2D eigenvalue weighted by Crippen LogP contribution is 2.21. The quantitative estimate of drug-likeness (QED) is 0.611. The van der Waals surface area contributed by atoms with Gasteiger partial charge < -0.3 is 10.6 Å². The summed E-state index contributed by atoms with van der Waals surface area (Å²) in [5, 5.41) is 10.5. The van der Waals surface area contributed by atoms with E-state index in [0.717, 1.165) is 25.7 Å². The van der Waals surface area contributed by atoms with Gasteiger partial charge in [-0.15, -0.1) is 0 Å². The number of hydrogen-bond donors (Lipinski definition) is 2. The molecule has 1 fully saturated rings. The van der Waals surface area contributed by atoms with Gasteiger partial charge in [-0.2, -0.15) is 5.10 Å². The molecule has 2 N–H and O–H groups in total. The Balaban J connectivity index is 1.61. The average molecular weight is 451 g/mol. The Labute approximate surface area is 190 Å². The predicted molar refractivity (Wildman–Crippen MR) is 124 cm³/mol. The van der Waals surface area contributed by atoms with Gasteiger partial charge in [0.05, 0.1) is 16.9 Å². The van der Waals surface area contributed by atoms with E-state index < -0.39 is 11.3 Å². The zero-order valence-corrected chi connectivity index (χ0v) is 18.4. The number of aromatic nitrogens is 2. The summed E-state index contributed by atoms with van der Waals surface area (Å²) in [4.78, 5) is 38.2. The largest absolute Gasteiger partial charge is 0.349 e. The van der Waals surface area contributed by atoms with Crippen LogP contribution in [0.2, 0.25) is 5.02 Å². The van der Waals surface area contributed by atoms with Gasteiger partial charge in [-0.1, -0.05) is 36.6 Å². The minimum Gasteiger partial charge on any atom is -0.349 e. The van der Waals surface area contributed by atoms with Crippen LogP contribution >= 0.6 is 11.6 Å². The van der Waals surface area contributed by atoms with Crippen molar-refractivity contribution in [3.63, 3.8) is 0 Å². The monoisotopic (exact) mass is 450 g/mol. The second-order valence-corrected chi connectivity index (χ2v) is 8.28.